The van der Waals surface area contributed by atoms with Gasteiger partial charge in [0.2, 0.25) is 0 Å². The molecule has 4 nitrogen and oxygen atoms in total. The Morgan fingerprint density at radius 3 is 2.62 bits per heavy atom. The fourth-order valence-corrected chi connectivity index (χ4v) is 10.5. The number of nitrogens with zero attached hydrogens (tertiary/aromatic N) is 3. The SMILES string of the molecule is C=C/C=C\C1=C(C)Oc2ccccc2C12/C(=C/C=C\CC1=NCC(C)CC1c1ccc(C3=CC4C(C5=CC=CCCC5)=NC(C5=CC=CCC=C5)=N[C@@H]34)cc1)C=Cc1ccccc12. The standard InChI is InChI=1S/C59H55N3O/c1-4-5-26-51-41(3)63-55-30-19-17-28-53(55)59(51)47(36-35-44-20-14-16-27-52(44)59)25-15-18-29-54-48(37-40(2)39-60-54)42-31-33-43(34-32-42)49-38-50-56(45-21-10-6-7-11-22-45)61-58(62-57(49)50)46-23-12-8-9-13-24-46/h4-6,8,10,12-21,23-28,30-36,38,40,48,50,57H,1,7,9,11,22,29,37,39H2,2-3H3/b18-15-,26-5-,47-25+/t40?,48?,50?,57-,59?/m0/s1. The molecule has 0 bridgehead atoms. The summed E-state index contributed by atoms with van der Waals surface area (Å²) in [5, 5.41) is 0. The first-order valence-corrected chi connectivity index (χ1v) is 22.9. The summed E-state index contributed by atoms with van der Waals surface area (Å²) in [7, 11) is 0. The predicted octanol–water partition coefficient (Wildman–Crippen LogP) is 13.9. The molecule has 0 fully saturated rings. The number of aliphatic imine (C=N–C) groups is 3. The minimum atomic E-state index is -0.546. The van der Waals surface area contributed by atoms with E-state index in [-0.39, 0.29) is 17.9 Å². The lowest BCUT2D eigenvalue weighted by atomic mass is 9.59. The minimum Gasteiger partial charge on any atom is -0.461 e. The highest BCUT2D eigenvalue weighted by Crippen LogP contribution is 2.56. The second-order valence-corrected chi connectivity index (χ2v) is 17.7. The molecule has 0 N–H and O–H groups in total. The number of rotatable bonds is 9. The minimum absolute atomic E-state index is 0.0637. The van der Waals surface area contributed by atoms with Crippen molar-refractivity contribution in [3.8, 4) is 5.75 Å². The third-order valence-electron chi connectivity index (χ3n) is 13.6. The molecule has 0 saturated carbocycles. The molecule has 63 heavy (non-hydrogen) atoms. The van der Waals surface area contributed by atoms with E-state index in [1.54, 1.807) is 0 Å². The molecule has 0 aromatic heterocycles. The number of fused-ring (bicyclic) bond motifs is 5. The molecule has 10 rings (SSSR count). The van der Waals surface area contributed by atoms with E-state index in [1.165, 1.54) is 50.4 Å². The molecule has 3 aromatic rings. The highest BCUT2D eigenvalue weighted by molar-refractivity contribution is 6.19. The maximum Gasteiger partial charge on any atom is 0.155 e. The maximum atomic E-state index is 6.50. The van der Waals surface area contributed by atoms with Gasteiger partial charge in [0.15, 0.2) is 5.84 Å². The van der Waals surface area contributed by atoms with Crippen molar-refractivity contribution in [1.29, 1.82) is 0 Å². The monoisotopic (exact) mass is 821 g/mol. The third-order valence-corrected chi connectivity index (χ3v) is 13.6. The van der Waals surface area contributed by atoms with Gasteiger partial charge in [-0.2, -0.15) is 0 Å². The zero-order valence-electron chi connectivity index (χ0n) is 36.5. The van der Waals surface area contributed by atoms with Gasteiger partial charge < -0.3 is 4.74 Å². The zero-order chi connectivity index (χ0) is 42.8. The third kappa shape index (κ3) is 7.56. The summed E-state index contributed by atoms with van der Waals surface area (Å²) in [6.45, 7) is 9.28. The number of hydrogen-bond acceptors (Lipinski definition) is 4. The Balaban J connectivity index is 0.926. The lowest BCUT2D eigenvalue weighted by Gasteiger charge is -2.44. The lowest BCUT2D eigenvalue weighted by Crippen LogP contribution is -2.39. The second kappa shape index (κ2) is 17.6. The molecule has 312 valence electrons. The first-order chi connectivity index (χ1) is 31.0. The van der Waals surface area contributed by atoms with Gasteiger partial charge in [-0.3, -0.25) is 9.98 Å². The van der Waals surface area contributed by atoms with Crippen LogP contribution in [0.4, 0.5) is 0 Å². The van der Waals surface area contributed by atoms with Crippen LogP contribution in [0.2, 0.25) is 0 Å². The van der Waals surface area contributed by atoms with E-state index in [0.29, 0.717) is 5.92 Å². The van der Waals surface area contributed by atoms with Crippen molar-refractivity contribution in [3.63, 3.8) is 0 Å². The summed E-state index contributed by atoms with van der Waals surface area (Å²) in [4.78, 5) is 15.8. The van der Waals surface area contributed by atoms with Gasteiger partial charge in [0.05, 0.1) is 17.2 Å². The van der Waals surface area contributed by atoms with Crippen LogP contribution < -0.4 is 4.74 Å². The Kier molecular flexibility index (Phi) is 11.3. The smallest absolute Gasteiger partial charge is 0.155 e. The quantitative estimate of drug-likeness (QED) is 0.198. The Bertz CT molecular complexity index is 2780. The van der Waals surface area contributed by atoms with Crippen LogP contribution in [0.15, 0.2) is 220 Å². The van der Waals surface area contributed by atoms with Gasteiger partial charge in [-0.15, -0.1) is 0 Å². The van der Waals surface area contributed by atoms with Crippen LogP contribution in [0, 0.1) is 11.8 Å². The molecule has 3 aliphatic heterocycles. The van der Waals surface area contributed by atoms with Crippen molar-refractivity contribution in [3.05, 3.63) is 232 Å². The van der Waals surface area contributed by atoms with Crippen LogP contribution in [0.1, 0.15) is 86.1 Å². The molecule has 5 atom stereocenters. The largest absolute Gasteiger partial charge is 0.461 e. The summed E-state index contributed by atoms with van der Waals surface area (Å²) < 4.78 is 6.50. The van der Waals surface area contributed by atoms with Gasteiger partial charge in [0.1, 0.15) is 11.5 Å². The molecule has 0 saturated heterocycles. The van der Waals surface area contributed by atoms with E-state index in [4.69, 9.17) is 19.7 Å². The number of ether oxygens (including phenoxy) is 1. The van der Waals surface area contributed by atoms with Crippen LogP contribution in [0.5, 0.6) is 5.75 Å². The van der Waals surface area contributed by atoms with Gasteiger partial charge in [-0.25, -0.2) is 4.99 Å². The van der Waals surface area contributed by atoms with E-state index in [2.05, 4.69) is 184 Å². The maximum absolute atomic E-state index is 6.50. The van der Waals surface area contributed by atoms with Crippen molar-refractivity contribution in [2.75, 3.05) is 6.54 Å². The topological polar surface area (TPSA) is 46.3 Å². The van der Waals surface area contributed by atoms with Crippen LogP contribution in [-0.2, 0) is 5.41 Å². The summed E-state index contributed by atoms with van der Waals surface area (Å²) >= 11 is 0. The molecular weight excluding hydrogens is 767 g/mol. The van der Waals surface area contributed by atoms with Gasteiger partial charge in [0.25, 0.3) is 0 Å². The highest BCUT2D eigenvalue weighted by Gasteiger charge is 2.48. The van der Waals surface area contributed by atoms with Crippen molar-refractivity contribution in [2.24, 2.45) is 26.8 Å². The fraction of sp³-hybridized carbons (Fsp3) is 0.237. The summed E-state index contributed by atoms with van der Waals surface area (Å²) in [5.74, 6) is 3.63. The predicted molar refractivity (Wildman–Crippen MR) is 265 cm³/mol. The van der Waals surface area contributed by atoms with E-state index in [1.807, 2.05) is 12.2 Å². The molecule has 4 unspecified atom stereocenters. The van der Waals surface area contributed by atoms with Crippen LogP contribution >= 0.6 is 0 Å². The number of allylic oxidation sites excluding steroid dienone is 18. The van der Waals surface area contributed by atoms with Crippen molar-refractivity contribution < 1.29 is 4.74 Å². The lowest BCUT2D eigenvalue weighted by molar-refractivity contribution is 0.386. The normalized spacial score (nSPS) is 26.7. The zero-order valence-corrected chi connectivity index (χ0v) is 36.5. The summed E-state index contributed by atoms with van der Waals surface area (Å²) in [6.07, 6.45) is 43.6. The first kappa shape index (κ1) is 40.4. The van der Waals surface area contributed by atoms with Crippen LogP contribution in [0.25, 0.3) is 11.6 Å². The van der Waals surface area contributed by atoms with Crippen molar-refractivity contribution in [1.82, 2.24) is 0 Å². The molecule has 3 aromatic carbocycles. The number of para-hydroxylation sites is 1. The molecule has 7 aliphatic rings. The average molecular weight is 822 g/mol. The molecular formula is C59H55N3O. The van der Waals surface area contributed by atoms with Gasteiger partial charge in [-0.05, 0) is 90.0 Å². The molecule has 3 heterocycles. The Morgan fingerprint density at radius 2 is 1.73 bits per heavy atom. The number of hydrogen-bond donors (Lipinski definition) is 0. The average Bonchev–Trinajstić information content (AvgIpc) is 3.76. The Hall–Kier alpha value is -6.65. The fourth-order valence-electron chi connectivity index (χ4n) is 10.5. The van der Waals surface area contributed by atoms with E-state index >= 15 is 0 Å². The van der Waals surface area contributed by atoms with Gasteiger partial charge in [0, 0.05) is 47.2 Å². The van der Waals surface area contributed by atoms with Crippen molar-refractivity contribution >= 4 is 28.9 Å². The summed E-state index contributed by atoms with van der Waals surface area (Å²) in [6, 6.07) is 26.6. The van der Waals surface area contributed by atoms with E-state index in [9.17, 15) is 0 Å². The van der Waals surface area contributed by atoms with E-state index in [0.717, 1.165) is 79.1 Å². The first-order valence-electron chi connectivity index (χ1n) is 22.9. The number of amidine groups is 1. The molecule has 4 heteroatoms. The van der Waals surface area contributed by atoms with Crippen LogP contribution in [-0.4, -0.2) is 29.8 Å². The Morgan fingerprint density at radius 1 is 0.889 bits per heavy atom. The van der Waals surface area contributed by atoms with E-state index < -0.39 is 5.41 Å². The van der Waals surface area contributed by atoms with Gasteiger partial charge in [-0.1, -0.05) is 184 Å². The number of benzene rings is 3. The summed E-state index contributed by atoms with van der Waals surface area (Å²) in [5.41, 5.74) is 14.1. The molecule has 0 amide bonds. The van der Waals surface area contributed by atoms with Crippen LogP contribution in [0.3, 0.4) is 0 Å². The Labute approximate surface area is 373 Å². The highest BCUT2D eigenvalue weighted by atomic mass is 16.5. The van der Waals surface area contributed by atoms with Gasteiger partial charge >= 0.3 is 0 Å². The molecule has 4 aliphatic carbocycles. The molecule has 0 radical (unpaired) electrons. The van der Waals surface area contributed by atoms with Crippen molar-refractivity contribution in [2.45, 2.75) is 69.7 Å². The molecule has 1 spiro atoms. The second-order valence-electron chi connectivity index (χ2n) is 17.7.